The number of nitrogens with zero attached hydrogens (tertiary/aromatic N) is 1. The van der Waals surface area contributed by atoms with Gasteiger partial charge in [0.1, 0.15) is 0 Å². The highest BCUT2D eigenvalue weighted by atomic mass is 31.2. The van der Waals surface area contributed by atoms with E-state index < -0.39 is 7.29 Å². The SMILES string of the molecule is CC(c1ccccc1)C(NP(=O)(c1ccccc1)c1ccccc1)c1ccc(N(C)C)cc1. The zero-order valence-electron chi connectivity index (χ0n) is 19.4. The third kappa shape index (κ3) is 5.11. The predicted molar refractivity (Wildman–Crippen MR) is 141 cm³/mol. The first-order valence-electron chi connectivity index (χ1n) is 11.3. The minimum Gasteiger partial charge on any atom is -0.378 e. The van der Waals surface area contributed by atoms with Gasteiger partial charge in [-0.25, -0.2) is 0 Å². The van der Waals surface area contributed by atoms with Gasteiger partial charge >= 0.3 is 0 Å². The molecule has 1 N–H and O–H groups in total. The van der Waals surface area contributed by atoms with Gasteiger partial charge in [0.15, 0.2) is 0 Å². The molecule has 3 nitrogen and oxygen atoms in total. The lowest BCUT2D eigenvalue weighted by atomic mass is 9.89. The molecule has 4 aromatic rings. The molecule has 0 aliphatic carbocycles. The van der Waals surface area contributed by atoms with Crippen molar-refractivity contribution in [1.82, 2.24) is 5.09 Å². The first kappa shape index (κ1) is 23.0. The molecular weight excluding hydrogens is 423 g/mol. The van der Waals surface area contributed by atoms with Gasteiger partial charge in [-0.15, -0.1) is 0 Å². The Bertz CT molecular complexity index is 1150. The van der Waals surface area contributed by atoms with Crippen molar-refractivity contribution in [1.29, 1.82) is 0 Å². The van der Waals surface area contributed by atoms with Gasteiger partial charge in [-0.1, -0.05) is 85.8 Å². The molecule has 0 aliphatic heterocycles. The summed E-state index contributed by atoms with van der Waals surface area (Å²) in [6.07, 6.45) is 0. The van der Waals surface area contributed by atoms with E-state index in [0.29, 0.717) is 0 Å². The second kappa shape index (κ2) is 10.2. The maximum atomic E-state index is 14.8. The fourth-order valence-electron chi connectivity index (χ4n) is 4.17. The molecule has 0 aliphatic rings. The van der Waals surface area contributed by atoms with Crippen LogP contribution in [0, 0.1) is 0 Å². The summed E-state index contributed by atoms with van der Waals surface area (Å²) >= 11 is 0. The van der Waals surface area contributed by atoms with Gasteiger partial charge in [-0.2, -0.15) is 0 Å². The molecule has 168 valence electrons. The smallest absolute Gasteiger partial charge is 0.205 e. The predicted octanol–water partition coefficient (Wildman–Crippen LogP) is 6.12. The molecule has 33 heavy (non-hydrogen) atoms. The molecule has 0 fully saturated rings. The van der Waals surface area contributed by atoms with E-state index in [-0.39, 0.29) is 12.0 Å². The van der Waals surface area contributed by atoms with Crippen LogP contribution in [0.2, 0.25) is 0 Å². The summed E-state index contributed by atoms with van der Waals surface area (Å²) in [6.45, 7) is 2.20. The number of hydrogen-bond donors (Lipinski definition) is 1. The Kier molecular flexibility index (Phi) is 7.13. The molecule has 0 bridgehead atoms. The van der Waals surface area contributed by atoms with Crippen LogP contribution in [-0.2, 0) is 4.57 Å². The zero-order chi connectivity index (χ0) is 23.3. The third-order valence-electron chi connectivity index (χ3n) is 6.15. The van der Waals surface area contributed by atoms with Gasteiger partial charge < -0.3 is 4.90 Å². The molecule has 0 spiro atoms. The monoisotopic (exact) mass is 454 g/mol. The standard InChI is InChI=1S/C29H31N2OP/c1-23(24-13-7-4-8-14-24)29(25-19-21-26(22-20-25)31(2)3)30-33(32,27-15-9-5-10-16-27)28-17-11-6-12-18-28/h4-23,29H,1-3H3,(H,30,32). The van der Waals surface area contributed by atoms with Gasteiger partial charge in [-0.3, -0.25) is 9.65 Å². The van der Waals surface area contributed by atoms with Crippen LogP contribution in [0.3, 0.4) is 0 Å². The van der Waals surface area contributed by atoms with Crippen molar-refractivity contribution in [3.8, 4) is 0 Å². The summed E-state index contributed by atoms with van der Waals surface area (Å²) in [5, 5.41) is 5.29. The number of nitrogens with one attached hydrogen (secondary N) is 1. The van der Waals surface area contributed by atoms with Crippen LogP contribution in [0.5, 0.6) is 0 Å². The zero-order valence-corrected chi connectivity index (χ0v) is 20.3. The summed E-state index contributed by atoms with van der Waals surface area (Å²) in [5.41, 5.74) is 3.46. The average molecular weight is 455 g/mol. The lowest BCUT2D eigenvalue weighted by Crippen LogP contribution is -2.33. The highest BCUT2D eigenvalue weighted by Gasteiger charge is 2.33. The molecule has 4 rings (SSSR count). The van der Waals surface area contributed by atoms with Crippen molar-refractivity contribution in [3.63, 3.8) is 0 Å². The van der Waals surface area contributed by atoms with Crippen molar-refractivity contribution < 1.29 is 4.57 Å². The van der Waals surface area contributed by atoms with Gasteiger partial charge in [0.05, 0.1) is 0 Å². The first-order valence-corrected chi connectivity index (χ1v) is 13.0. The number of benzene rings is 4. The lowest BCUT2D eigenvalue weighted by Gasteiger charge is -2.32. The highest BCUT2D eigenvalue weighted by Crippen LogP contribution is 2.45. The summed E-state index contributed by atoms with van der Waals surface area (Å²) in [6, 6.07) is 38.4. The molecule has 2 atom stereocenters. The Morgan fingerprint density at radius 3 is 1.55 bits per heavy atom. The van der Waals surface area contributed by atoms with Gasteiger partial charge in [0.2, 0.25) is 7.29 Å². The molecule has 0 radical (unpaired) electrons. The van der Waals surface area contributed by atoms with E-state index in [4.69, 9.17) is 0 Å². The average Bonchev–Trinajstić information content (AvgIpc) is 2.88. The van der Waals surface area contributed by atoms with Crippen molar-refractivity contribution >= 4 is 23.6 Å². The second-order valence-corrected chi connectivity index (χ2v) is 11.1. The maximum Gasteiger partial charge on any atom is 0.205 e. The molecule has 0 amide bonds. The molecule has 0 saturated heterocycles. The van der Waals surface area contributed by atoms with Crippen molar-refractivity contribution in [2.75, 3.05) is 19.0 Å². The third-order valence-corrected chi connectivity index (χ3v) is 8.85. The minimum absolute atomic E-state index is 0.108. The maximum absolute atomic E-state index is 14.8. The van der Waals surface area contributed by atoms with Crippen LogP contribution in [0.25, 0.3) is 0 Å². The van der Waals surface area contributed by atoms with Gasteiger partial charge in [0, 0.05) is 42.4 Å². The van der Waals surface area contributed by atoms with Crippen LogP contribution < -0.4 is 20.6 Å². The van der Waals surface area contributed by atoms with Gasteiger partial charge in [0.25, 0.3) is 0 Å². The van der Waals surface area contributed by atoms with Gasteiger partial charge in [-0.05, 0) is 47.5 Å². The van der Waals surface area contributed by atoms with Crippen LogP contribution in [0.4, 0.5) is 5.69 Å². The molecular formula is C29H31N2OP. The number of anilines is 1. The largest absolute Gasteiger partial charge is 0.378 e. The number of rotatable bonds is 8. The fraction of sp³-hybridized carbons (Fsp3) is 0.172. The van der Waals surface area contributed by atoms with E-state index in [1.165, 1.54) is 5.56 Å². The molecule has 0 saturated carbocycles. The summed E-state index contributed by atoms with van der Waals surface area (Å²) in [4.78, 5) is 2.09. The van der Waals surface area contributed by atoms with E-state index in [2.05, 4.69) is 65.4 Å². The molecule has 0 heterocycles. The van der Waals surface area contributed by atoms with E-state index in [1.807, 2.05) is 80.8 Å². The van der Waals surface area contributed by atoms with Crippen molar-refractivity contribution in [2.45, 2.75) is 18.9 Å². The van der Waals surface area contributed by atoms with Crippen LogP contribution >= 0.6 is 7.29 Å². The molecule has 0 aromatic heterocycles. The Balaban J connectivity index is 1.82. The summed E-state index contributed by atoms with van der Waals surface area (Å²) in [5.74, 6) is 0.108. The number of hydrogen-bond acceptors (Lipinski definition) is 2. The first-order chi connectivity index (χ1) is 16.0. The van der Waals surface area contributed by atoms with E-state index >= 15 is 0 Å². The van der Waals surface area contributed by atoms with Crippen molar-refractivity contribution in [3.05, 3.63) is 126 Å². The van der Waals surface area contributed by atoms with E-state index in [9.17, 15) is 4.57 Å². The Morgan fingerprint density at radius 2 is 1.09 bits per heavy atom. The highest BCUT2D eigenvalue weighted by molar-refractivity contribution is 7.76. The topological polar surface area (TPSA) is 32.3 Å². The Hall–Kier alpha value is -3.13. The summed E-state index contributed by atoms with van der Waals surface area (Å²) in [7, 11) is 0.965. The van der Waals surface area contributed by atoms with Crippen LogP contribution in [0.1, 0.15) is 30.0 Å². The van der Waals surface area contributed by atoms with Crippen molar-refractivity contribution in [2.24, 2.45) is 0 Å². The lowest BCUT2D eigenvalue weighted by molar-refractivity contribution is 0.523. The quantitative estimate of drug-likeness (QED) is 0.326. The Morgan fingerprint density at radius 1 is 0.636 bits per heavy atom. The van der Waals surface area contributed by atoms with Crippen LogP contribution in [-0.4, -0.2) is 14.1 Å². The van der Waals surface area contributed by atoms with E-state index in [0.717, 1.165) is 21.9 Å². The summed E-state index contributed by atoms with van der Waals surface area (Å²) < 4.78 is 14.8. The second-order valence-electron chi connectivity index (χ2n) is 8.57. The molecule has 4 aromatic carbocycles. The van der Waals surface area contributed by atoms with Crippen LogP contribution in [0.15, 0.2) is 115 Å². The van der Waals surface area contributed by atoms with E-state index in [1.54, 1.807) is 0 Å². The normalized spacial score (nSPS) is 13.3. The molecule has 2 unspecified atom stereocenters. The fourth-order valence-corrected chi connectivity index (χ4v) is 6.72. The minimum atomic E-state index is -3.11. The molecule has 4 heteroatoms. The Labute approximate surface area is 197 Å².